The van der Waals surface area contributed by atoms with Crippen LogP contribution in [-0.4, -0.2) is 13.6 Å². The maximum absolute atomic E-state index is 3.39. The van der Waals surface area contributed by atoms with E-state index in [1.807, 2.05) is 0 Å². The topological polar surface area (TPSA) is 12.0 Å². The molecule has 1 aliphatic carbocycles. The standard InChI is InChI=1S/C18H29N/c1-17(2,3)15-8-6-14(7-9-15)12-18(4,13-19-5)16-10-11-16/h6-9,16,19H,10-13H2,1-5H3. The minimum atomic E-state index is 0.253. The third-order valence-corrected chi connectivity index (χ3v) is 4.57. The van der Waals surface area contributed by atoms with E-state index in [1.54, 1.807) is 0 Å². The summed E-state index contributed by atoms with van der Waals surface area (Å²) < 4.78 is 0. The first-order chi connectivity index (χ1) is 8.85. The SMILES string of the molecule is CNCC(C)(Cc1ccc(C(C)(C)C)cc1)C1CC1. The zero-order valence-corrected chi connectivity index (χ0v) is 13.2. The van der Waals surface area contributed by atoms with Crippen molar-refractivity contribution in [3.8, 4) is 0 Å². The Labute approximate surface area is 118 Å². The van der Waals surface area contributed by atoms with Crippen LogP contribution in [0.5, 0.6) is 0 Å². The van der Waals surface area contributed by atoms with E-state index in [1.165, 1.54) is 30.4 Å². The van der Waals surface area contributed by atoms with Crippen molar-refractivity contribution in [1.29, 1.82) is 0 Å². The molecule has 0 radical (unpaired) electrons. The van der Waals surface area contributed by atoms with Crippen LogP contribution in [0.3, 0.4) is 0 Å². The fraction of sp³-hybridized carbons (Fsp3) is 0.667. The van der Waals surface area contributed by atoms with Gasteiger partial charge in [-0.2, -0.15) is 0 Å². The van der Waals surface area contributed by atoms with Crippen molar-refractivity contribution in [2.24, 2.45) is 11.3 Å². The highest BCUT2D eigenvalue weighted by atomic mass is 14.8. The minimum Gasteiger partial charge on any atom is -0.319 e. The minimum absolute atomic E-state index is 0.253. The van der Waals surface area contributed by atoms with Crippen molar-refractivity contribution in [3.05, 3.63) is 35.4 Å². The Morgan fingerprint density at radius 1 is 1.05 bits per heavy atom. The molecule has 0 aromatic heterocycles. The summed E-state index contributed by atoms with van der Waals surface area (Å²) in [6.07, 6.45) is 4.03. The first-order valence-corrected chi connectivity index (χ1v) is 7.59. The van der Waals surface area contributed by atoms with Gasteiger partial charge in [0.1, 0.15) is 0 Å². The van der Waals surface area contributed by atoms with E-state index in [0.29, 0.717) is 5.41 Å². The molecule has 0 spiro atoms. The summed E-state index contributed by atoms with van der Waals surface area (Å²) in [4.78, 5) is 0. The first kappa shape index (κ1) is 14.6. The fourth-order valence-electron chi connectivity index (χ4n) is 3.12. The van der Waals surface area contributed by atoms with Crippen LogP contribution < -0.4 is 5.32 Å². The smallest absolute Gasteiger partial charge is 0.000800 e. The van der Waals surface area contributed by atoms with Gasteiger partial charge in [0.05, 0.1) is 0 Å². The van der Waals surface area contributed by atoms with Gasteiger partial charge in [-0.1, -0.05) is 52.0 Å². The van der Waals surface area contributed by atoms with Crippen LogP contribution in [0.2, 0.25) is 0 Å². The van der Waals surface area contributed by atoms with Crippen LogP contribution >= 0.6 is 0 Å². The van der Waals surface area contributed by atoms with Crippen molar-refractivity contribution in [2.75, 3.05) is 13.6 Å². The molecule has 0 amide bonds. The molecule has 0 saturated heterocycles. The summed E-state index contributed by atoms with van der Waals surface area (Å²) >= 11 is 0. The van der Waals surface area contributed by atoms with Gasteiger partial charge in [-0.25, -0.2) is 0 Å². The van der Waals surface area contributed by atoms with Crippen LogP contribution in [-0.2, 0) is 11.8 Å². The lowest BCUT2D eigenvalue weighted by molar-refractivity contribution is 0.263. The Morgan fingerprint density at radius 3 is 2.05 bits per heavy atom. The van der Waals surface area contributed by atoms with Crippen LogP contribution in [0.4, 0.5) is 0 Å². The number of benzene rings is 1. The number of nitrogens with one attached hydrogen (secondary N) is 1. The van der Waals surface area contributed by atoms with Crippen molar-refractivity contribution >= 4 is 0 Å². The summed E-state index contributed by atoms with van der Waals surface area (Å²) in [5, 5.41) is 3.39. The second kappa shape index (κ2) is 5.28. The van der Waals surface area contributed by atoms with E-state index in [2.05, 4.69) is 64.3 Å². The average molecular weight is 259 g/mol. The van der Waals surface area contributed by atoms with E-state index >= 15 is 0 Å². The summed E-state index contributed by atoms with van der Waals surface area (Å²) in [5.74, 6) is 0.919. The highest BCUT2D eigenvalue weighted by Gasteiger charge is 2.40. The average Bonchev–Trinajstić information content (AvgIpc) is 3.12. The van der Waals surface area contributed by atoms with Gasteiger partial charge in [-0.3, -0.25) is 0 Å². The van der Waals surface area contributed by atoms with E-state index in [-0.39, 0.29) is 5.41 Å². The zero-order valence-electron chi connectivity index (χ0n) is 13.2. The third kappa shape index (κ3) is 3.60. The van der Waals surface area contributed by atoms with Crippen molar-refractivity contribution in [1.82, 2.24) is 5.32 Å². The van der Waals surface area contributed by atoms with E-state index in [0.717, 1.165) is 12.5 Å². The normalized spacial score (nSPS) is 19.2. The lowest BCUT2D eigenvalue weighted by atomic mass is 9.78. The van der Waals surface area contributed by atoms with Crippen LogP contribution in [0.15, 0.2) is 24.3 Å². The molecule has 19 heavy (non-hydrogen) atoms. The molecule has 0 aliphatic heterocycles. The lowest BCUT2D eigenvalue weighted by Gasteiger charge is -2.30. The van der Waals surface area contributed by atoms with E-state index in [9.17, 15) is 0 Å². The summed E-state index contributed by atoms with van der Waals surface area (Å²) in [6, 6.07) is 9.28. The molecule has 1 heteroatoms. The molecule has 0 bridgehead atoms. The molecule has 1 saturated carbocycles. The molecule has 1 atom stereocenters. The van der Waals surface area contributed by atoms with Crippen LogP contribution in [0.25, 0.3) is 0 Å². The highest BCUT2D eigenvalue weighted by Crippen LogP contribution is 2.47. The summed E-state index contributed by atoms with van der Waals surface area (Å²) in [7, 11) is 2.07. The van der Waals surface area contributed by atoms with Gasteiger partial charge in [-0.05, 0) is 54.2 Å². The Hall–Kier alpha value is -0.820. The molecule has 2 rings (SSSR count). The van der Waals surface area contributed by atoms with Crippen molar-refractivity contribution in [2.45, 2.75) is 52.4 Å². The summed E-state index contributed by atoms with van der Waals surface area (Å²) in [6.45, 7) is 10.4. The highest BCUT2D eigenvalue weighted by molar-refractivity contribution is 5.28. The molecule has 1 aromatic carbocycles. The van der Waals surface area contributed by atoms with Gasteiger partial charge >= 0.3 is 0 Å². The summed E-state index contributed by atoms with van der Waals surface area (Å²) in [5.41, 5.74) is 3.59. The first-order valence-electron chi connectivity index (χ1n) is 7.59. The Morgan fingerprint density at radius 2 is 1.63 bits per heavy atom. The van der Waals surface area contributed by atoms with Gasteiger partial charge in [0, 0.05) is 6.54 Å². The molecule has 0 heterocycles. The van der Waals surface area contributed by atoms with E-state index < -0.39 is 0 Å². The number of hydrogen-bond acceptors (Lipinski definition) is 1. The van der Waals surface area contributed by atoms with Crippen LogP contribution in [0.1, 0.15) is 51.7 Å². The molecule has 1 aliphatic rings. The monoisotopic (exact) mass is 259 g/mol. The molecule has 106 valence electrons. The molecule has 1 N–H and O–H groups in total. The van der Waals surface area contributed by atoms with Crippen molar-refractivity contribution in [3.63, 3.8) is 0 Å². The third-order valence-electron chi connectivity index (χ3n) is 4.57. The molecule has 1 fully saturated rings. The van der Waals surface area contributed by atoms with Gasteiger partial charge in [-0.15, -0.1) is 0 Å². The Bertz CT molecular complexity index is 408. The lowest BCUT2D eigenvalue weighted by Crippen LogP contribution is -2.33. The van der Waals surface area contributed by atoms with Crippen LogP contribution in [0, 0.1) is 11.3 Å². The van der Waals surface area contributed by atoms with Crippen molar-refractivity contribution < 1.29 is 0 Å². The Kier molecular flexibility index (Phi) is 4.06. The zero-order chi connectivity index (χ0) is 14.1. The van der Waals surface area contributed by atoms with Gasteiger partial charge in [0.25, 0.3) is 0 Å². The molecule has 1 aromatic rings. The quantitative estimate of drug-likeness (QED) is 0.837. The second-order valence-corrected chi connectivity index (χ2v) is 7.58. The predicted octanol–water partition coefficient (Wildman–Crippen LogP) is 4.16. The number of hydrogen-bond donors (Lipinski definition) is 1. The molecular formula is C18H29N. The fourth-order valence-corrected chi connectivity index (χ4v) is 3.12. The maximum Gasteiger partial charge on any atom is 0.000800 e. The van der Waals surface area contributed by atoms with E-state index in [4.69, 9.17) is 0 Å². The Balaban J connectivity index is 2.10. The van der Waals surface area contributed by atoms with Gasteiger partial charge in [0.2, 0.25) is 0 Å². The largest absolute Gasteiger partial charge is 0.319 e. The molecule has 1 nitrogen and oxygen atoms in total. The van der Waals surface area contributed by atoms with Gasteiger partial charge in [0.15, 0.2) is 0 Å². The predicted molar refractivity (Wildman–Crippen MR) is 83.6 cm³/mol. The molecule has 1 unspecified atom stereocenters. The second-order valence-electron chi connectivity index (χ2n) is 7.58. The number of rotatable bonds is 5. The molecular weight excluding hydrogens is 230 g/mol. The van der Waals surface area contributed by atoms with Gasteiger partial charge < -0.3 is 5.32 Å². The maximum atomic E-state index is 3.39.